The summed E-state index contributed by atoms with van der Waals surface area (Å²) in [4.78, 5) is 21.0. The maximum atomic E-state index is 13.5. The minimum Gasteiger partial charge on any atom is -0.352 e. The monoisotopic (exact) mass is 466 g/mol. The average molecular weight is 467 g/mol. The molecule has 3 aromatic rings. The molecule has 1 aliphatic heterocycles. The van der Waals surface area contributed by atoms with Crippen LogP contribution in [-0.4, -0.2) is 47.2 Å². The summed E-state index contributed by atoms with van der Waals surface area (Å²) < 4.78 is 28.4. The van der Waals surface area contributed by atoms with Crippen molar-refractivity contribution in [1.82, 2.24) is 19.6 Å². The number of hydrogen-bond acceptors (Lipinski definition) is 4. The number of imidazole rings is 1. The molecule has 2 aromatic carbocycles. The van der Waals surface area contributed by atoms with E-state index in [9.17, 15) is 13.2 Å². The third kappa shape index (κ3) is 4.42. The molecule has 0 radical (unpaired) electrons. The smallest absolute Gasteiger partial charge is 0.243 e. The van der Waals surface area contributed by atoms with E-state index in [0.717, 1.165) is 31.2 Å². The number of amides is 1. The van der Waals surface area contributed by atoms with Crippen LogP contribution in [-0.2, 0) is 14.8 Å². The number of carbonyl (C=O) groups is 1. The van der Waals surface area contributed by atoms with Crippen molar-refractivity contribution in [1.29, 1.82) is 0 Å². The molecule has 5 rings (SSSR count). The second kappa shape index (κ2) is 8.91. The molecule has 8 heteroatoms. The van der Waals surface area contributed by atoms with Gasteiger partial charge in [0.05, 0.1) is 15.9 Å². The molecule has 1 aliphatic carbocycles. The molecular weight excluding hydrogens is 436 g/mol. The molecular formula is C25H30N4O3S. The zero-order chi connectivity index (χ0) is 23.0. The van der Waals surface area contributed by atoms with Crippen LogP contribution in [0.25, 0.3) is 22.4 Å². The summed E-state index contributed by atoms with van der Waals surface area (Å²) in [6.45, 7) is 2.60. The Morgan fingerprint density at radius 1 is 1.06 bits per heavy atom. The van der Waals surface area contributed by atoms with Crippen LogP contribution in [0.4, 0.5) is 0 Å². The molecule has 1 aromatic heterocycles. The highest BCUT2D eigenvalue weighted by Gasteiger charge is 2.40. The van der Waals surface area contributed by atoms with Crippen molar-refractivity contribution in [2.45, 2.75) is 62.4 Å². The molecule has 0 unspecified atom stereocenters. The molecule has 174 valence electrons. The van der Waals surface area contributed by atoms with E-state index in [-0.39, 0.29) is 16.8 Å². The summed E-state index contributed by atoms with van der Waals surface area (Å²) in [6, 6.07) is 14.2. The van der Waals surface area contributed by atoms with Gasteiger partial charge in [-0.2, -0.15) is 4.31 Å². The molecule has 7 nitrogen and oxygen atoms in total. The third-order valence-electron chi connectivity index (χ3n) is 6.98. The number of benzene rings is 2. The average Bonchev–Trinajstić information content (AvgIpc) is 3.48. The third-order valence-corrected chi connectivity index (χ3v) is 8.88. The van der Waals surface area contributed by atoms with E-state index in [4.69, 9.17) is 0 Å². The van der Waals surface area contributed by atoms with Crippen LogP contribution in [0.1, 0.15) is 45.4 Å². The fourth-order valence-corrected chi connectivity index (χ4v) is 6.69. The van der Waals surface area contributed by atoms with Gasteiger partial charge in [-0.25, -0.2) is 13.4 Å². The number of rotatable bonds is 5. The Labute approximate surface area is 194 Å². The highest BCUT2D eigenvalue weighted by molar-refractivity contribution is 7.89. The first-order valence-corrected chi connectivity index (χ1v) is 13.2. The fourth-order valence-electron chi connectivity index (χ4n) is 5.01. The van der Waals surface area contributed by atoms with Crippen molar-refractivity contribution in [3.8, 4) is 11.4 Å². The summed E-state index contributed by atoms with van der Waals surface area (Å²) in [6.07, 6.45) is 5.38. The Bertz CT molecular complexity index is 1250. The van der Waals surface area contributed by atoms with Gasteiger partial charge >= 0.3 is 0 Å². The van der Waals surface area contributed by atoms with Crippen molar-refractivity contribution in [3.63, 3.8) is 0 Å². The van der Waals surface area contributed by atoms with Gasteiger partial charge in [-0.15, -0.1) is 0 Å². The number of hydrogen-bond donors (Lipinski definition) is 2. The van der Waals surface area contributed by atoms with Gasteiger partial charge in [0.1, 0.15) is 11.9 Å². The van der Waals surface area contributed by atoms with Crippen molar-refractivity contribution >= 4 is 27.0 Å². The van der Waals surface area contributed by atoms with Crippen LogP contribution in [0.3, 0.4) is 0 Å². The Balaban J connectivity index is 1.37. The van der Waals surface area contributed by atoms with Gasteiger partial charge in [-0.1, -0.05) is 37.3 Å². The van der Waals surface area contributed by atoms with Crippen molar-refractivity contribution < 1.29 is 13.2 Å². The van der Waals surface area contributed by atoms with Gasteiger partial charge in [0.2, 0.25) is 15.9 Å². The number of carbonyl (C=O) groups excluding carboxylic acids is 1. The lowest BCUT2D eigenvalue weighted by Gasteiger charge is -2.29. The Morgan fingerprint density at radius 3 is 2.58 bits per heavy atom. The number of sulfonamides is 1. The SMILES string of the molecule is CC1CCC(NC(=O)[C@@H]2CCCN2S(=O)(=O)c2ccc3nc(-c4ccccc4)[nH]c3c2)CC1. The van der Waals surface area contributed by atoms with Crippen LogP contribution >= 0.6 is 0 Å². The first kappa shape index (κ1) is 22.1. The van der Waals surface area contributed by atoms with Gasteiger partial charge in [0, 0.05) is 18.2 Å². The lowest BCUT2D eigenvalue weighted by molar-refractivity contribution is -0.125. The topological polar surface area (TPSA) is 95.2 Å². The fraction of sp³-hybridized carbons (Fsp3) is 0.440. The van der Waals surface area contributed by atoms with E-state index in [1.165, 1.54) is 4.31 Å². The molecule has 2 aliphatic rings. The van der Waals surface area contributed by atoms with Gasteiger partial charge in [-0.3, -0.25) is 4.79 Å². The number of nitrogens with zero attached hydrogens (tertiary/aromatic N) is 2. The molecule has 2 heterocycles. The highest BCUT2D eigenvalue weighted by Crippen LogP contribution is 2.30. The standard InChI is InChI=1S/C25H30N4O3S/c1-17-9-11-19(12-10-17)26-25(30)23-8-5-15-29(23)33(31,32)20-13-14-21-22(16-20)28-24(27-21)18-6-3-2-4-7-18/h2-4,6-7,13-14,16-17,19,23H,5,8-12,15H2,1H3,(H,26,30)(H,27,28)/t17?,19?,23-/m0/s1. The number of fused-ring (bicyclic) bond motifs is 1. The predicted octanol–water partition coefficient (Wildman–Crippen LogP) is 4.08. The number of aromatic nitrogens is 2. The zero-order valence-corrected chi connectivity index (χ0v) is 19.6. The van der Waals surface area contributed by atoms with Gasteiger partial charge < -0.3 is 10.3 Å². The van der Waals surface area contributed by atoms with Crippen LogP contribution < -0.4 is 5.32 Å². The molecule has 1 atom stereocenters. The van der Waals surface area contributed by atoms with Crippen molar-refractivity contribution in [3.05, 3.63) is 48.5 Å². The normalized spacial score (nSPS) is 24.2. The number of H-pyrrole nitrogens is 1. The second-order valence-electron chi connectivity index (χ2n) is 9.37. The minimum absolute atomic E-state index is 0.150. The zero-order valence-electron chi connectivity index (χ0n) is 18.8. The first-order chi connectivity index (χ1) is 15.9. The second-order valence-corrected chi connectivity index (χ2v) is 11.3. The van der Waals surface area contributed by atoms with Crippen LogP contribution in [0, 0.1) is 5.92 Å². The summed E-state index contributed by atoms with van der Waals surface area (Å²) in [5, 5.41) is 3.12. The van der Waals surface area contributed by atoms with Crippen molar-refractivity contribution in [2.75, 3.05) is 6.54 Å². The summed E-state index contributed by atoms with van der Waals surface area (Å²) in [7, 11) is -3.80. The Kier molecular flexibility index (Phi) is 5.97. The van der Waals surface area contributed by atoms with E-state index in [1.54, 1.807) is 18.2 Å². The largest absolute Gasteiger partial charge is 0.352 e. The molecule has 2 fully saturated rings. The van der Waals surface area contributed by atoms with Gasteiger partial charge in [-0.05, 0) is 62.6 Å². The molecule has 1 saturated heterocycles. The van der Waals surface area contributed by atoms with Crippen LogP contribution in [0.2, 0.25) is 0 Å². The van der Waals surface area contributed by atoms with Crippen LogP contribution in [0.5, 0.6) is 0 Å². The molecule has 1 amide bonds. The quantitative estimate of drug-likeness (QED) is 0.592. The Morgan fingerprint density at radius 2 is 1.82 bits per heavy atom. The first-order valence-electron chi connectivity index (χ1n) is 11.8. The highest BCUT2D eigenvalue weighted by atomic mass is 32.2. The lowest BCUT2D eigenvalue weighted by Crippen LogP contribution is -2.49. The molecule has 33 heavy (non-hydrogen) atoms. The molecule has 2 N–H and O–H groups in total. The maximum absolute atomic E-state index is 13.5. The van der Waals surface area contributed by atoms with E-state index in [1.807, 2.05) is 30.3 Å². The van der Waals surface area contributed by atoms with E-state index >= 15 is 0 Å². The maximum Gasteiger partial charge on any atom is 0.243 e. The minimum atomic E-state index is -3.80. The summed E-state index contributed by atoms with van der Waals surface area (Å²) in [5.41, 5.74) is 2.30. The van der Waals surface area contributed by atoms with Crippen LogP contribution in [0.15, 0.2) is 53.4 Å². The van der Waals surface area contributed by atoms with Gasteiger partial charge in [0.25, 0.3) is 0 Å². The number of aromatic amines is 1. The summed E-state index contributed by atoms with van der Waals surface area (Å²) in [5.74, 6) is 1.23. The predicted molar refractivity (Wildman–Crippen MR) is 128 cm³/mol. The van der Waals surface area contributed by atoms with E-state index in [0.29, 0.717) is 42.2 Å². The molecule has 0 bridgehead atoms. The molecule has 0 spiro atoms. The van der Waals surface area contributed by atoms with Crippen molar-refractivity contribution in [2.24, 2.45) is 5.92 Å². The number of nitrogens with one attached hydrogen (secondary N) is 2. The Hall–Kier alpha value is -2.71. The molecule has 1 saturated carbocycles. The summed E-state index contributed by atoms with van der Waals surface area (Å²) >= 11 is 0. The van der Waals surface area contributed by atoms with Gasteiger partial charge in [0.15, 0.2) is 0 Å². The lowest BCUT2D eigenvalue weighted by atomic mass is 9.87. The van der Waals surface area contributed by atoms with E-state index in [2.05, 4.69) is 22.2 Å². The van der Waals surface area contributed by atoms with E-state index < -0.39 is 16.1 Å².